The van der Waals surface area contributed by atoms with Crippen LogP contribution in [0, 0.1) is 0 Å². The van der Waals surface area contributed by atoms with Gasteiger partial charge in [-0.2, -0.15) is 13.2 Å². The summed E-state index contributed by atoms with van der Waals surface area (Å²) in [6, 6.07) is 15.3. The van der Waals surface area contributed by atoms with Crippen LogP contribution in [0.5, 0.6) is 0 Å². The Labute approximate surface area is 223 Å². The fourth-order valence-corrected chi connectivity index (χ4v) is 4.55. The molecule has 9 nitrogen and oxygen atoms in total. The number of morpholine rings is 1. The maximum atomic E-state index is 12.4. The summed E-state index contributed by atoms with van der Waals surface area (Å²) >= 11 is 0. The van der Waals surface area contributed by atoms with Crippen LogP contribution in [-0.4, -0.2) is 84.8 Å². The standard InChI is InChI=1S/C25H30N2O5.C2HF3O2/c28-24(29)23(11-5-6-12-27-13-15-31-16-14-27)26-25(30)32-17-22-20-9-3-1-7-18(20)19-8-2-4-10-21(19)22;3-2(4,5)1(6)7/h1-4,7-10,22-23H,5-6,11-17H2,(H,26,30)(H,28,29);(H,6,7)/t23-;/m0./s1. The molecule has 39 heavy (non-hydrogen) atoms. The molecule has 0 spiro atoms. The van der Waals surface area contributed by atoms with Gasteiger partial charge in [0.05, 0.1) is 13.2 Å². The number of halogens is 3. The summed E-state index contributed by atoms with van der Waals surface area (Å²) in [6.07, 6.45) is -3.79. The number of alkyl halides is 3. The maximum Gasteiger partial charge on any atom is 0.490 e. The van der Waals surface area contributed by atoms with E-state index in [2.05, 4.69) is 34.5 Å². The van der Waals surface area contributed by atoms with E-state index in [0.29, 0.717) is 6.42 Å². The van der Waals surface area contributed by atoms with Gasteiger partial charge in [0.1, 0.15) is 12.6 Å². The highest BCUT2D eigenvalue weighted by molar-refractivity contribution is 5.81. The normalized spacial score (nSPS) is 15.8. The van der Waals surface area contributed by atoms with Crippen molar-refractivity contribution < 1.29 is 47.2 Å². The van der Waals surface area contributed by atoms with Crippen LogP contribution in [0.3, 0.4) is 0 Å². The zero-order valence-electron chi connectivity index (χ0n) is 21.2. The summed E-state index contributed by atoms with van der Waals surface area (Å²) in [6.45, 7) is 4.42. The molecule has 1 aliphatic carbocycles. The molecule has 0 saturated carbocycles. The van der Waals surface area contributed by atoms with Gasteiger partial charge in [-0.15, -0.1) is 0 Å². The summed E-state index contributed by atoms with van der Waals surface area (Å²) < 4.78 is 42.6. The minimum absolute atomic E-state index is 0.0510. The molecule has 1 aliphatic heterocycles. The molecule has 1 amide bonds. The lowest BCUT2D eigenvalue weighted by Crippen LogP contribution is -2.41. The van der Waals surface area contributed by atoms with E-state index >= 15 is 0 Å². The number of carboxylic acids is 2. The zero-order chi connectivity index (χ0) is 28.4. The van der Waals surface area contributed by atoms with Crippen LogP contribution in [0.2, 0.25) is 0 Å². The molecule has 2 aromatic rings. The van der Waals surface area contributed by atoms with E-state index in [1.807, 2.05) is 24.3 Å². The van der Waals surface area contributed by atoms with Crippen molar-refractivity contribution in [3.05, 3.63) is 59.7 Å². The third-order valence-electron chi connectivity index (χ3n) is 6.50. The van der Waals surface area contributed by atoms with Crippen molar-refractivity contribution in [1.29, 1.82) is 0 Å². The first-order valence-electron chi connectivity index (χ1n) is 12.5. The second-order valence-electron chi connectivity index (χ2n) is 9.11. The molecule has 1 heterocycles. The predicted octanol–water partition coefficient (Wildman–Crippen LogP) is 4.11. The van der Waals surface area contributed by atoms with Gasteiger partial charge in [-0.1, -0.05) is 48.5 Å². The summed E-state index contributed by atoms with van der Waals surface area (Å²) in [7, 11) is 0. The molecule has 1 fully saturated rings. The number of carboxylic acid groups (broad SMARTS) is 2. The average molecular weight is 553 g/mol. The van der Waals surface area contributed by atoms with Gasteiger partial charge in [0.15, 0.2) is 0 Å². The van der Waals surface area contributed by atoms with Crippen LogP contribution in [0.1, 0.15) is 36.3 Å². The number of carbonyl (C=O) groups excluding carboxylic acids is 1. The van der Waals surface area contributed by atoms with Gasteiger partial charge < -0.3 is 25.0 Å². The lowest BCUT2D eigenvalue weighted by molar-refractivity contribution is -0.192. The molecule has 0 radical (unpaired) electrons. The number of nitrogens with zero attached hydrogens (tertiary/aromatic N) is 1. The van der Waals surface area contributed by atoms with E-state index in [-0.39, 0.29) is 12.5 Å². The number of ether oxygens (including phenoxy) is 2. The zero-order valence-corrected chi connectivity index (χ0v) is 21.2. The Hall–Kier alpha value is -3.64. The number of benzene rings is 2. The molecule has 0 bridgehead atoms. The van der Waals surface area contributed by atoms with Gasteiger partial charge in [-0.05, 0) is 48.1 Å². The van der Waals surface area contributed by atoms with Crippen LogP contribution in [0.4, 0.5) is 18.0 Å². The van der Waals surface area contributed by atoms with E-state index in [1.54, 1.807) is 0 Å². The van der Waals surface area contributed by atoms with Crippen molar-refractivity contribution in [3.63, 3.8) is 0 Å². The Morgan fingerprint density at radius 3 is 2.03 bits per heavy atom. The van der Waals surface area contributed by atoms with Crippen molar-refractivity contribution in [2.45, 2.75) is 37.4 Å². The first-order valence-corrected chi connectivity index (χ1v) is 12.5. The van der Waals surface area contributed by atoms with Gasteiger partial charge in [0, 0.05) is 19.0 Å². The van der Waals surface area contributed by atoms with E-state index < -0.39 is 30.2 Å². The Kier molecular flexibility index (Phi) is 10.7. The van der Waals surface area contributed by atoms with Crippen LogP contribution < -0.4 is 5.32 Å². The van der Waals surface area contributed by atoms with Crippen molar-refractivity contribution in [3.8, 4) is 11.1 Å². The molecule has 12 heteroatoms. The quantitative estimate of drug-likeness (QED) is 0.397. The van der Waals surface area contributed by atoms with E-state index in [9.17, 15) is 27.9 Å². The predicted molar refractivity (Wildman–Crippen MR) is 134 cm³/mol. The molecule has 0 aromatic heterocycles. The van der Waals surface area contributed by atoms with Gasteiger partial charge in [-0.25, -0.2) is 14.4 Å². The smallest absolute Gasteiger partial charge is 0.480 e. The fourth-order valence-electron chi connectivity index (χ4n) is 4.55. The average Bonchev–Trinajstić information content (AvgIpc) is 3.23. The topological polar surface area (TPSA) is 125 Å². The molecule has 1 atom stereocenters. The van der Waals surface area contributed by atoms with Gasteiger partial charge in [0.25, 0.3) is 0 Å². The van der Waals surface area contributed by atoms with Crippen LogP contribution >= 0.6 is 0 Å². The Balaban J connectivity index is 0.000000532. The molecule has 2 aliphatic rings. The molecule has 2 aromatic carbocycles. The number of carbonyl (C=O) groups is 3. The second-order valence-corrected chi connectivity index (χ2v) is 9.11. The number of alkyl carbamates (subject to hydrolysis) is 1. The Morgan fingerprint density at radius 1 is 0.974 bits per heavy atom. The molecular weight excluding hydrogens is 521 g/mol. The highest BCUT2D eigenvalue weighted by Crippen LogP contribution is 2.44. The first kappa shape index (κ1) is 29.9. The summed E-state index contributed by atoms with van der Waals surface area (Å²) in [5.74, 6) is -3.85. The van der Waals surface area contributed by atoms with Gasteiger partial charge in [-0.3, -0.25) is 4.90 Å². The lowest BCUT2D eigenvalue weighted by atomic mass is 9.98. The van der Waals surface area contributed by atoms with Crippen LogP contribution in [0.15, 0.2) is 48.5 Å². The van der Waals surface area contributed by atoms with Crippen molar-refractivity contribution in [1.82, 2.24) is 10.2 Å². The largest absolute Gasteiger partial charge is 0.490 e. The minimum atomic E-state index is -5.08. The minimum Gasteiger partial charge on any atom is -0.480 e. The Bertz CT molecular complexity index is 1090. The van der Waals surface area contributed by atoms with Crippen molar-refractivity contribution in [2.75, 3.05) is 39.5 Å². The fraction of sp³-hybridized carbons (Fsp3) is 0.444. The molecule has 212 valence electrons. The third kappa shape index (κ3) is 8.69. The van der Waals surface area contributed by atoms with Gasteiger partial charge in [0.2, 0.25) is 0 Å². The number of aliphatic carboxylic acids is 2. The monoisotopic (exact) mass is 552 g/mol. The summed E-state index contributed by atoms with van der Waals surface area (Å²) in [5, 5.41) is 19.2. The third-order valence-corrected chi connectivity index (χ3v) is 6.50. The number of nitrogens with one attached hydrogen (secondary N) is 1. The van der Waals surface area contributed by atoms with Crippen molar-refractivity contribution >= 4 is 18.0 Å². The number of amides is 1. The molecule has 0 unspecified atom stereocenters. The summed E-state index contributed by atoms with van der Waals surface area (Å²) in [4.78, 5) is 35.2. The van der Waals surface area contributed by atoms with E-state index in [0.717, 1.165) is 67.9 Å². The highest BCUT2D eigenvalue weighted by Gasteiger charge is 2.38. The number of rotatable bonds is 9. The number of unbranched alkanes of at least 4 members (excludes halogenated alkanes) is 1. The molecule has 1 saturated heterocycles. The van der Waals surface area contributed by atoms with Crippen LogP contribution in [0.25, 0.3) is 11.1 Å². The second kappa shape index (κ2) is 13.9. The maximum absolute atomic E-state index is 12.4. The lowest BCUT2D eigenvalue weighted by Gasteiger charge is -2.26. The number of hydrogen-bond donors (Lipinski definition) is 3. The van der Waals surface area contributed by atoms with Crippen LogP contribution in [-0.2, 0) is 19.1 Å². The van der Waals surface area contributed by atoms with E-state index in [4.69, 9.17) is 19.4 Å². The van der Waals surface area contributed by atoms with E-state index in [1.165, 1.54) is 0 Å². The SMILES string of the molecule is O=C(N[C@@H](CCCCN1CCOCC1)C(=O)O)OCC1c2ccccc2-c2ccccc21.O=C(O)C(F)(F)F. The van der Waals surface area contributed by atoms with Gasteiger partial charge >= 0.3 is 24.2 Å². The summed E-state index contributed by atoms with van der Waals surface area (Å²) in [5.41, 5.74) is 4.56. The Morgan fingerprint density at radius 2 is 1.51 bits per heavy atom. The first-order chi connectivity index (χ1) is 18.6. The highest BCUT2D eigenvalue weighted by atomic mass is 19.4. The van der Waals surface area contributed by atoms with Crippen molar-refractivity contribution in [2.24, 2.45) is 0 Å². The molecule has 4 rings (SSSR count). The number of fused-ring (bicyclic) bond motifs is 3. The molecular formula is C27H31F3N2O7. The molecule has 3 N–H and O–H groups in total. The number of hydrogen-bond acceptors (Lipinski definition) is 6.